The van der Waals surface area contributed by atoms with Crippen LogP contribution in [-0.4, -0.2) is 51.8 Å². The molecule has 6 heteroatoms. The summed E-state index contributed by atoms with van der Waals surface area (Å²) in [5, 5.41) is 10.2. The van der Waals surface area contributed by atoms with Crippen molar-refractivity contribution in [3.63, 3.8) is 0 Å². The van der Waals surface area contributed by atoms with E-state index < -0.39 is 5.97 Å². The van der Waals surface area contributed by atoms with Crippen molar-refractivity contribution < 1.29 is 14.6 Å². The first-order chi connectivity index (χ1) is 14.4. The van der Waals surface area contributed by atoms with E-state index in [0.29, 0.717) is 23.1 Å². The first-order valence-corrected chi connectivity index (χ1v) is 10.8. The molecule has 0 aliphatic heterocycles. The van der Waals surface area contributed by atoms with Gasteiger partial charge in [0, 0.05) is 22.0 Å². The van der Waals surface area contributed by atoms with Gasteiger partial charge in [-0.1, -0.05) is 30.5 Å². The van der Waals surface area contributed by atoms with Crippen molar-refractivity contribution >= 4 is 47.1 Å². The number of aryl methyl sites for hydroxylation is 2. The number of nitrogens with zero attached hydrogens (tertiary/aromatic N) is 1. The van der Waals surface area contributed by atoms with E-state index in [2.05, 4.69) is 4.57 Å². The Hall–Kier alpha value is -1.72. The number of benzene rings is 2. The maximum absolute atomic E-state index is 11.6. The van der Waals surface area contributed by atoms with Crippen molar-refractivity contribution in [1.82, 2.24) is 4.57 Å². The van der Waals surface area contributed by atoms with Crippen LogP contribution in [0, 0.1) is 19.8 Å². The first-order valence-electron chi connectivity index (χ1n) is 10.4. The number of halogens is 1. The molecule has 158 valence electrons. The summed E-state index contributed by atoms with van der Waals surface area (Å²) in [7, 11) is 0. The van der Waals surface area contributed by atoms with E-state index in [-0.39, 0.29) is 29.6 Å². The molecule has 0 radical (unpaired) electrons. The zero-order valence-corrected chi connectivity index (χ0v) is 18.1. The van der Waals surface area contributed by atoms with Gasteiger partial charge in [0.2, 0.25) is 0 Å². The monoisotopic (exact) mass is 447 g/mol. The number of carbonyl (C=O) groups is 1. The SMILES string of the molecule is Cc1ccc(-n2c(C)ccc2-c2cc(Cl)ccc2OCC2CCCC2)cc1C(=O)O.[NaH]. The minimum atomic E-state index is -0.927. The third-order valence-electron chi connectivity index (χ3n) is 5.95. The second-order valence-corrected chi connectivity index (χ2v) is 8.54. The van der Waals surface area contributed by atoms with Crippen LogP contribution in [0.25, 0.3) is 16.9 Å². The average molecular weight is 448 g/mol. The van der Waals surface area contributed by atoms with Gasteiger partial charge in [0.15, 0.2) is 0 Å². The zero-order chi connectivity index (χ0) is 21.3. The van der Waals surface area contributed by atoms with Gasteiger partial charge in [-0.15, -0.1) is 0 Å². The summed E-state index contributed by atoms with van der Waals surface area (Å²) in [4.78, 5) is 11.6. The van der Waals surface area contributed by atoms with Crippen LogP contribution < -0.4 is 4.74 Å². The Balaban J connectivity index is 0.00000272. The first kappa shape index (κ1) is 23.9. The van der Waals surface area contributed by atoms with Crippen LogP contribution in [0.2, 0.25) is 5.02 Å². The Morgan fingerprint density at radius 2 is 1.84 bits per heavy atom. The Morgan fingerprint density at radius 1 is 1.10 bits per heavy atom. The van der Waals surface area contributed by atoms with E-state index >= 15 is 0 Å². The molecule has 0 unspecified atom stereocenters. The van der Waals surface area contributed by atoms with E-state index in [0.717, 1.165) is 34.0 Å². The molecule has 0 bridgehead atoms. The summed E-state index contributed by atoms with van der Waals surface area (Å²) in [5.74, 6) is 0.484. The Labute approximate surface area is 210 Å². The molecule has 1 fully saturated rings. The summed E-state index contributed by atoms with van der Waals surface area (Å²) in [5.41, 5.74) is 4.68. The molecule has 1 N–H and O–H groups in total. The summed E-state index contributed by atoms with van der Waals surface area (Å²) >= 11 is 6.34. The molecule has 4 rings (SSSR count). The minimum absolute atomic E-state index is 0. The molecule has 1 aromatic heterocycles. The molecule has 1 aliphatic carbocycles. The van der Waals surface area contributed by atoms with Gasteiger partial charge in [-0.2, -0.15) is 0 Å². The average Bonchev–Trinajstić information content (AvgIpc) is 3.37. The van der Waals surface area contributed by atoms with Crippen LogP contribution in [0.4, 0.5) is 0 Å². The van der Waals surface area contributed by atoms with Gasteiger partial charge in [0.1, 0.15) is 5.75 Å². The predicted molar refractivity (Wildman–Crippen MR) is 127 cm³/mol. The van der Waals surface area contributed by atoms with Gasteiger partial charge < -0.3 is 14.4 Å². The van der Waals surface area contributed by atoms with Gasteiger partial charge in [-0.3, -0.25) is 0 Å². The summed E-state index contributed by atoms with van der Waals surface area (Å²) in [6.07, 6.45) is 5.01. The number of aromatic carboxylic acids is 1. The van der Waals surface area contributed by atoms with Crippen molar-refractivity contribution in [2.45, 2.75) is 39.5 Å². The second-order valence-electron chi connectivity index (χ2n) is 8.10. The Kier molecular flexibility index (Phi) is 7.92. The summed E-state index contributed by atoms with van der Waals surface area (Å²) in [6, 6.07) is 15.3. The van der Waals surface area contributed by atoms with Crippen LogP contribution >= 0.6 is 11.6 Å². The predicted octanol–water partition coefficient (Wildman–Crippen LogP) is 6.03. The van der Waals surface area contributed by atoms with Crippen molar-refractivity contribution in [3.05, 3.63) is 70.4 Å². The Morgan fingerprint density at radius 3 is 2.55 bits per heavy atom. The topological polar surface area (TPSA) is 51.5 Å². The molecule has 1 aliphatic rings. The molecule has 2 aromatic carbocycles. The van der Waals surface area contributed by atoms with Gasteiger partial charge >= 0.3 is 35.5 Å². The van der Waals surface area contributed by atoms with Gasteiger partial charge in [0.25, 0.3) is 0 Å². The third-order valence-corrected chi connectivity index (χ3v) is 6.19. The van der Waals surface area contributed by atoms with Crippen LogP contribution in [0.1, 0.15) is 47.3 Å². The molecule has 1 saturated carbocycles. The Bertz CT molecular complexity index is 1090. The molecule has 0 amide bonds. The maximum atomic E-state index is 11.6. The molecular formula is C25H27ClNNaO3. The number of ether oxygens (including phenoxy) is 1. The molecule has 0 saturated heterocycles. The molecule has 4 nitrogen and oxygen atoms in total. The normalized spacial score (nSPS) is 13.8. The van der Waals surface area contributed by atoms with Crippen LogP contribution in [0.3, 0.4) is 0 Å². The van der Waals surface area contributed by atoms with E-state index in [1.54, 1.807) is 6.07 Å². The number of carboxylic acids is 1. The van der Waals surface area contributed by atoms with Gasteiger partial charge in [-0.25, -0.2) is 4.79 Å². The van der Waals surface area contributed by atoms with Gasteiger partial charge in [0.05, 0.1) is 17.9 Å². The van der Waals surface area contributed by atoms with Crippen molar-refractivity contribution in [3.8, 4) is 22.7 Å². The molecule has 0 atom stereocenters. The standard InChI is InChI=1S/C25H26ClNO3.Na.H/c1-16-7-10-20(14-21(16)25(28)29)27-17(2)8-11-23(27)22-13-19(26)9-12-24(22)30-15-18-5-3-4-6-18;;/h7-14,18H,3-6,15H2,1-2H3,(H,28,29);;. The molecular weight excluding hydrogens is 421 g/mol. The van der Waals surface area contributed by atoms with Crippen LogP contribution in [0.5, 0.6) is 5.75 Å². The molecule has 1 heterocycles. The van der Waals surface area contributed by atoms with Crippen molar-refractivity contribution in [2.24, 2.45) is 5.92 Å². The fourth-order valence-electron chi connectivity index (χ4n) is 4.28. The number of hydrogen-bond donors (Lipinski definition) is 1. The van der Waals surface area contributed by atoms with Crippen LogP contribution in [0.15, 0.2) is 48.5 Å². The van der Waals surface area contributed by atoms with E-state index in [1.165, 1.54) is 25.7 Å². The quantitative estimate of drug-likeness (QED) is 0.469. The number of hydrogen-bond acceptors (Lipinski definition) is 2. The van der Waals surface area contributed by atoms with Crippen LogP contribution in [-0.2, 0) is 0 Å². The summed E-state index contributed by atoms with van der Waals surface area (Å²) < 4.78 is 8.30. The van der Waals surface area contributed by atoms with E-state index in [1.807, 2.05) is 56.3 Å². The second kappa shape index (κ2) is 10.3. The zero-order valence-electron chi connectivity index (χ0n) is 17.3. The molecule has 0 spiro atoms. The third kappa shape index (κ3) is 5.20. The van der Waals surface area contributed by atoms with Gasteiger partial charge in [-0.05, 0) is 80.6 Å². The van der Waals surface area contributed by atoms with E-state index in [9.17, 15) is 9.90 Å². The molecule has 31 heavy (non-hydrogen) atoms. The number of rotatable bonds is 6. The van der Waals surface area contributed by atoms with Crippen molar-refractivity contribution in [1.29, 1.82) is 0 Å². The fourth-order valence-corrected chi connectivity index (χ4v) is 4.46. The number of carboxylic acid groups (broad SMARTS) is 1. The molecule has 3 aromatic rings. The fraction of sp³-hybridized carbons (Fsp3) is 0.320. The van der Waals surface area contributed by atoms with Crippen molar-refractivity contribution in [2.75, 3.05) is 6.61 Å². The summed E-state index contributed by atoms with van der Waals surface area (Å²) in [6.45, 7) is 4.53. The van der Waals surface area contributed by atoms with E-state index in [4.69, 9.17) is 16.3 Å². The number of aromatic nitrogens is 1.